The fourth-order valence-corrected chi connectivity index (χ4v) is 1.73. The van der Waals surface area contributed by atoms with Gasteiger partial charge >= 0.3 is 5.97 Å². The molecule has 6 nitrogen and oxygen atoms in total. The van der Waals surface area contributed by atoms with Crippen LogP contribution in [0, 0.1) is 5.92 Å². The first-order chi connectivity index (χ1) is 11.3. The normalized spacial score (nSPS) is 11.7. The lowest BCUT2D eigenvalue weighted by atomic mass is 10.1. The Morgan fingerprint density at radius 3 is 2.21 bits per heavy atom. The highest BCUT2D eigenvalue weighted by atomic mass is 16.6. The van der Waals surface area contributed by atoms with Gasteiger partial charge in [-0.3, -0.25) is 9.59 Å². The van der Waals surface area contributed by atoms with E-state index in [4.69, 9.17) is 9.47 Å². The third kappa shape index (κ3) is 6.81. The Bertz CT molecular complexity index is 565. The highest BCUT2D eigenvalue weighted by Crippen LogP contribution is 2.13. The topological polar surface area (TPSA) is 81.7 Å². The molecule has 1 rings (SSSR count). The molecule has 1 aromatic carbocycles. The Morgan fingerprint density at radius 1 is 1.04 bits per heavy atom. The van der Waals surface area contributed by atoms with Crippen LogP contribution in [-0.4, -0.2) is 36.9 Å². The van der Waals surface area contributed by atoms with Crippen molar-refractivity contribution in [2.45, 2.75) is 40.2 Å². The molecule has 0 saturated heterocycles. The van der Waals surface area contributed by atoms with Crippen LogP contribution in [0.15, 0.2) is 24.3 Å². The SMILES string of the molecule is CCC(=O)c1ccc(OCC(=O)OCC(=O)N[C@@H](C)C(C)C)cc1. The largest absolute Gasteiger partial charge is 0.482 e. The molecule has 0 unspecified atom stereocenters. The van der Waals surface area contributed by atoms with Crippen molar-refractivity contribution >= 4 is 17.7 Å². The minimum absolute atomic E-state index is 0.0109. The summed E-state index contributed by atoms with van der Waals surface area (Å²) in [6, 6.07) is 6.54. The summed E-state index contributed by atoms with van der Waals surface area (Å²) >= 11 is 0. The summed E-state index contributed by atoms with van der Waals surface area (Å²) in [5.41, 5.74) is 0.600. The van der Waals surface area contributed by atoms with Gasteiger partial charge in [0.15, 0.2) is 19.0 Å². The minimum Gasteiger partial charge on any atom is -0.482 e. The second kappa shape index (κ2) is 9.70. The first kappa shape index (κ1) is 19.7. The first-order valence-corrected chi connectivity index (χ1v) is 8.04. The number of esters is 1. The summed E-state index contributed by atoms with van der Waals surface area (Å²) in [5.74, 6) is -0.168. The van der Waals surface area contributed by atoms with Gasteiger partial charge in [0.25, 0.3) is 5.91 Å². The monoisotopic (exact) mass is 335 g/mol. The number of carbonyl (C=O) groups is 3. The maximum Gasteiger partial charge on any atom is 0.344 e. The van der Waals surface area contributed by atoms with Gasteiger partial charge in [-0.1, -0.05) is 20.8 Å². The highest BCUT2D eigenvalue weighted by Gasteiger charge is 2.13. The quantitative estimate of drug-likeness (QED) is 0.553. The number of Topliss-reactive ketones (excluding diaryl/α,β-unsaturated/α-hetero) is 1. The lowest BCUT2D eigenvalue weighted by Gasteiger charge is -2.17. The predicted molar refractivity (Wildman–Crippen MR) is 90.0 cm³/mol. The van der Waals surface area contributed by atoms with E-state index in [-0.39, 0.29) is 30.9 Å². The van der Waals surface area contributed by atoms with E-state index in [0.717, 1.165) is 0 Å². The minimum atomic E-state index is -0.629. The summed E-state index contributed by atoms with van der Waals surface area (Å²) < 4.78 is 10.1. The Morgan fingerprint density at radius 2 is 1.67 bits per heavy atom. The van der Waals surface area contributed by atoms with Gasteiger partial charge in [0.2, 0.25) is 0 Å². The average Bonchev–Trinajstić information content (AvgIpc) is 2.57. The van der Waals surface area contributed by atoms with E-state index in [1.165, 1.54) is 0 Å². The van der Waals surface area contributed by atoms with Crippen LogP contribution in [0.2, 0.25) is 0 Å². The van der Waals surface area contributed by atoms with Crippen LogP contribution < -0.4 is 10.1 Å². The maximum atomic E-state index is 11.6. The number of carbonyl (C=O) groups excluding carboxylic acids is 3. The summed E-state index contributed by atoms with van der Waals surface area (Å²) in [6.07, 6.45) is 0.435. The molecule has 0 bridgehead atoms. The van der Waals surface area contributed by atoms with E-state index in [2.05, 4.69) is 5.32 Å². The number of amides is 1. The predicted octanol–water partition coefficient (Wildman–Crippen LogP) is 2.36. The van der Waals surface area contributed by atoms with E-state index < -0.39 is 5.97 Å². The van der Waals surface area contributed by atoms with Crippen LogP contribution in [0.25, 0.3) is 0 Å². The average molecular weight is 335 g/mol. The zero-order valence-corrected chi connectivity index (χ0v) is 14.6. The van der Waals surface area contributed by atoms with Crippen molar-refractivity contribution in [2.24, 2.45) is 5.92 Å². The van der Waals surface area contributed by atoms with Crippen molar-refractivity contribution < 1.29 is 23.9 Å². The van der Waals surface area contributed by atoms with Crippen molar-refractivity contribution in [2.75, 3.05) is 13.2 Å². The van der Waals surface area contributed by atoms with Gasteiger partial charge < -0.3 is 14.8 Å². The van der Waals surface area contributed by atoms with Crippen LogP contribution in [0.3, 0.4) is 0 Å². The summed E-state index contributed by atoms with van der Waals surface area (Å²) in [4.78, 5) is 34.7. The summed E-state index contributed by atoms with van der Waals surface area (Å²) in [6.45, 7) is 7.03. The molecule has 0 saturated carbocycles. The molecule has 1 atom stereocenters. The number of rotatable bonds is 9. The van der Waals surface area contributed by atoms with Gasteiger partial charge in [-0.2, -0.15) is 0 Å². The maximum absolute atomic E-state index is 11.6. The van der Waals surface area contributed by atoms with Crippen molar-refractivity contribution in [3.05, 3.63) is 29.8 Å². The first-order valence-electron chi connectivity index (χ1n) is 8.04. The molecule has 0 aliphatic heterocycles. The standard InChI is InChI=1S/C18H25NO5/c1-5-16(20)14-6-8-15(9-7-14)23-11-18(22)24-10-17(21)19-13(4)12(2)3/h6-9,12-13H,5,10-11H2,1-4H3,(H,19,21)/t13-/m0/s1. The van der Waals surface area contributed by atoms with Crippen LogP contribution in [0.1, 0.15) is 44.5 Å². The van der Waals surface area contributed by atoms with Crippen LogP contribution in [0.5, 0.6) is 5.75 Å². The molecule has 1 N–H and O–H groups in total. The molecule has 0 heterocycles. The van der Waals surface area contributed by atoms with Crippen LogP contribution >= 0.6 is 0 Å². The van der Waals surface area contributed by atoms with Crippen molar-refractivity contribution in [1.82, 2.24) is 5.32 Å². The smallest absolute Gasteiger partial charge is 0.344 e. The Kier molecular flexibility index (Phi) is 7.95. The number of nitrogens with one attached hydrogen (secondary N) is 1. The lowest BCUT2D eigenvalue weighted by molar-refractivity contribution is -0.150. The second-order valence-electron chi connectivity index (χ2n) is 5.85. The van der Waals surface area contributed by atoms with Gasteiger partial charge in [-0.15, -0.1) is 0 Å². The van der Waals surface area contributed by atoms with E-state index in [9.17, 15) is 14.4 Å². The van der Waals surface area contributed by atoms with Crippen molar-refractivity contribution in [3.63, 3.8) is 0 Å². The third-order valence-corrected chi connectivity index (χ3v) is 3.61. The number of ether oxygens (including phenoxy) is 2. The molecule has 0 fully saturated rings. The van der Waals surface area contributed by atoms with Gasteiger partial charge in [0.05, 0.1) is 0 Å². The van der Waals surface area contributed by atoms with Crippen LogP contribution in [0.4, 0.5) is 0 Å². The summed E-state index contributed by atoms with van der Waals surface area (Å²) in [5, 5.41) is 2.74. The van der Waals surface area contributed by atoms with E-state index in [0.29, 0.717) is 23.7 Å². The molecule has 0 aliphatic carbocycles. The Labute approximate surface area is 142 Å². The van der Waals surface area contributed by atoms with E-state index >= 15 is 0 Å². The van der Waals surface area contributed by atoms with E-state index in [1.807, 2.05) is 20.8 Å². The molecule has 0 spiro atoms. The molecule has 0 radical (unpaired) electrons. The molecule has 6 heteroatoms. The Hall–Kier alpha value is -2.37. The number of hydrogen-bond acceptors (Lipinski definition) is 5. The molecular formula is C18H25NO5. The Balaban J connectivity index is 2.33. The number of benzene rings is 1. The zero-order valence-electron chi connectivity index (χ0n) is 14.6. The number of ketones is 1. The molecule has 24 heavy (non-hydrogen) atoms. The van der Waals surface area contributed by atoms with E-state index in [1.54, 1.807) is 31.2 Å². The molecule has 0 aromatic heterocycles. The lowest BCUT2D eigenvalue weighted by Crippen LogP contribution is -2.39. The van der Waals surface area contributed by atoms with Crippen molar-refractivity contribution in [3.8, 4) is 5.75 Å². The highest BCUT2D eigenvalue weighted by molar-refractivity contribution is 5.95. The molecule has 1 aromatic rings. The van der Waals surface area contributed by atoms with Gasteiger partial charge in [-0.05, 0) is 37.1 Å². The molecule has 1 amide bonds. The fraction of sp³-hybridized carbons (Fsp3) is 0.500. The number of hydrogen-bond donors (Lipinski definition) is 1. The molecule has 132 valence electrons. The zero-order chi connectivity index (χ0) is 18.1. The fourth-order valence-electron chi connectivity index (χ4n) is 1.73. The van der Waals surface area contributed by atoms with Gasteiger partial charge in [0.1, 0.15) is 5.75 Å². The third-order valence-electron chi connectivity index (χ3n) is 3.61. The summed E-state index contributed by atoms with van der Waals surface area (Å²) in [7, 11) is 0. The molecular weight excluding hydrogens is 310 g/mol. The van der Waals surface area contributed by atoms with Gasteiger partial charge in [0, 0.05) is 18.0 Å². The molecule has 0 aliphatic rings. The van der Waals surface area contributed by atoms with Crippen molar-refractivity contribution in [1.29, 1.82) is 0 Å². The van der Waals surface area contributed by atoms with Gasteiger partial charge in [-0.25, -0.2) is 4.79 Å². The second-order valence-corrected chi connectivity index (χ2v) is 5.85. The van der Waals surface area contributed by atoms with Crippen LogP contribution in [-0.2, 0) is 14.3 Å².